The van der Waals surface area contributed by atoms with Gasteiger partial charge in [-0.25, -0.2) is 4.79 Å². The summed E-state index contributed by atoms with van der Waals surface area (Å²) in [6, 6.07) is 7.81. The van der Waals surface area contributed by atoms with Gasteiger partial charge < -0.3 is 9.47 Å². The molecule has 0 N–H and O–H groups in total. The van der Waals surface area contributed by atoms with Crippen molar-refractivity contribution in [3.05, 3.63) is 35.4 Å². The van der Waals surface area contributed by atoms with Gasteiger partial charge in [0.25, 0.3) is 0 Å². The average molecular weight is 233 g/mol. The van der Waals surface area contributed by atoms with Gasteiger partial charge in [-0.1, -0.05) is 18.2 Å². The van der Waals surface area contributed by atoms with Gasteiger partial charge in [-0.3, -0.25) is 0 Å². The van der Waals surface area contributed by atoms with Crippen LogP contribution in [-0.4, -0.2) is 20.3 Å². The van der Waals surface area contributed by atoms with Gasteiger partial charge in [0.15, 0.2) is 6.29 Å². The number of hydrogen-bond donors (Lipinski definition) is 0. The maximum atomic E-state index is 10.4. The molecule has 0 bridgehead atoms. The van der Waals surface area contributed by atoms with E-state index in [4.69, 9.17) is 9.47 Å². The Bertz CT molecular complexity index is 444. The maximum Gasteiger partial charge on any atom is 0.235 e. The van der Waals surface area contributed by atoms with Gasteiger partial charge in [-0.05, 0) is 24.5 Å². The fraction of sp³-hybridized carbons (Fsp3) is 0.462. The molecule has 1 aliphatic rings. The molecule has 0 aromatic heterocycles. The number of methoxy groups -OCH3 is 2. The summed E-state index contributed by atoms with van der Waals surface area (Å²) < 4.78 is 10.4. The molecule has 0 saturated heterocycles. The summed E-state index contributed by atoms with van der Waals surface area (Å²) in [5.41, 5.74) is 1.61. The molecule has 1 aromatic carbocycles. The molecule has 0 amide bonds. The van der Waals surface area contributed by atoms with Crippen LogP contribution >= 0.6 is 0 Å². The minimum Gasteiger partial charge on any atom is -0.352 e. The first kappa shape index (κ1) is 12.0. The Labute approximate surface area is 100 Å². The third-order valence-corrected chi connectivity index (χ3v) is 3.11. The van der Waals surface area contributed by atoms with E-state index in [1.165, 1.54) is 0 Å². The first-order valence-electron chi connectivity index (χ1n) is 5.51. The standard InChI is InChI=1S/C13H15NO3/c1-16-12(17-2)10-4-3-5-11(8-10)13(6-7-13)14-9-15/h3-5,8,12H,6-7H2,1-2H3. The van der Waals surface area contributed by atoms with E-state index in [0.717, 1.165) is 24.0 Å². The average Bonchev–Trinajstić information content (AvgIpc) is 3.13. The Morgan fingerprint density at radius 3 is 2.59 bits per heavy atom. The molecule has 90 valence electrons. The number of benzene rings is 1. The third-order valence-electron chi connectivity index (χ3n) is 3.11. The van der Waals surface area contributed by atoms with Gasteiger partial charge in [0.1, 0.15) is 0 Å². The molecule has 0 aliphatic heterocycles. The maximum absolute atomic E-state index is 10.4. The second kappa shape index (κ2) is 4.80. The first-order chi connectivity index (χ1) is 8.25. The molecule has 0 unspecified atom stereocenters. The lowest BCUT2D eigenvalue weighted by Crippen LogP contribution is -2.07. The van der Waals surface area contributed by atoms with E-state index in [9.17, 15) is 4.79 Å². The number of rotatable bonds is 5. The van der Waals surface area contributed by atoms with Crippen LogP contribution < -0.4 is 0 Å². The molecule has 0 heterocycles. The summed E-state index contributed by atoms with van der Waals surface area (Å²) in [7, 11) is 3.19. The van der Waals surface area contributed by atoms with Crippen molar-refractivity contribution in [2.24, 2.45) is 4.99 Å². The topological polar surface area (TPSA) is 47.9 Å². The SMILES string of the molecule is COC(OC)c1cccc(C2(N=C=O)CC2)c1. The molecule has 4 nitrogen and oxygen atoms in total. The van der Waals surface area contributed by atoms with Gasteiger partial charge >= 0.3 is 0 Å². The van der Waals surface area contributed by atoms with E-state index in [1.54, 1.807) is 20.3 Å². The predicted octanol–water partition coefficient (Wildman–Crippen LogP) is 2.30. The van der Waals surface area contributed by atoms with E-state index >= 15 is 0 Å². The molecular formula is C13H15NO3. The van der Waals surface area contributed by atoms with Gasteiger partial charge in [0, 0.05) is 19.8 Å². The summed E-state index contributed by atoms with van der Waals surface area (Å²) in [5.74, 6) is 0. The van der Waals surface area contributed by atoms with Crippen molar-refractivity contribution in [1.82, 2.24) is 0 Å². The monoisotopic (exact) mass is 233 g/mol. The lowest BCUT2D eigenvalue weighted by molar-refractivity contribution is -0.106. The normalized spacial score (nSPS) is 16.6. The third kappa shape index (κ3) is 2.29. The first-order valence-corrected chi connectivity index (χ1v) is 5.51. The van der Waals surface area contributed by atoms with Crippen molar-refractivity contribution < 1.29 is 14.3 Å². The van der Waals surface area contributed by atoms with E-state index in [-0.39, 0.29) is 11.8 Å². The lowest BCUT2D eigenvalue weighted by atomic mass is 10.0. The predicted molar refractivity (Wildman–Crippen MR) is 62.2 cm³/mol. The summed E-state index contributed by atoms with van der Waals surface area (Å²) in [5, 5.41) is 0. The Kier molecular flexibility index (Phi) is 3.38. The molecule has 1 aliphatic carbocycles. The van der Waals surface area contributed by atoms with Crippen molar-refractivity contribution in [3.63, 3.8) is 0 Å². The van der Waals surface area contributed by atoms with E-state index < -0.39 is 0 Å². The van der Waals surface area contributed by atoms with Crippen LogP contribution in [0.4, 0.5) is 0 Å². The summed E-state index contributed by atoms with van der Waals surface area (Å²) in [6.45, 7) is 0. The molecular weight excluding hydrogens is 218 g/mol. The second-order valence-corrected chi connectivity index (χ2v) is 4.16. The van der Waals surface area contributed by atoms with Crippen molar-refractivity contribution >= 4 is 6.08 Å². The van der Waals surface area contributed by atoms with Crippen LogP contribution in [0.25, 0.3) is 0 Å². The quantitative estimate of drug-likeness (QED) is 0.445. The Hall–Kier alpha value is -1.48. The minimum absolute atomic E-state index is 0.343. The Morgan fingerprint density at radius 2 is 2.06 bits per heavy atom. The highest BCUT2D eigenvalue weighted by Crippen LogP contribution is 2.49. The largest absolute Gasteiger partial charge is 0.352 e. The zero-order valence-corrected chi connectivity index (χ0v) is 9.97. The molecule has 0 atom stereocenters. The van der Waals surface area contributed by atoms with Crippen LogP contribution in [0.1, 0.15) is 30.3 Å². The van der Waals surface area contributed by atoms with Crippen LogP contribution in [0.3, 0.4) is 0 Å². The highest BCUT2D eigenvalue weighted by molar-refractivity contribution is 5.42. The number of aliphatic imine (C=N–C) groups is 1. The Balaban J connectivity index is 2.32. The Morgan fingerprint density at radius 1 is 1.35 bits per heavy atom. The van der Waals surface area contributed by atoms with Gasteiger partial charge in [-0.2, -0.15) is 4.99 Å². The van der Waals surface area contributed by atoms with E-state index in [2.05, 4.69) is 4.99 Å². The minimum atomic E-state index is -0.383. The number of nitrogens with zero attached hydrogens (tertiary/aromatic N) is 1. The van der Waals surface area contributed by atoms with Crippen molar-refractivity contribution in [3.8, 4) is 0 Å². The van der Waals surface area contributed by atoms with Crippen molar-refractivity contribution in [2.75, 3.05) is 14.2 Å². The van der Waals surface area contributed by atoms with Crippen molar-refractivity contribution in [2.45, 2.75) is 24.7 Å². The van der Waals surface area contributed by atoms with Crippen LogP contribution in [-0.2, 0) is 19.8 Å². The second-order valence-electron chi connectivity index (χ2n) is 4.16. The molecule has 0 spiro atoms. The molecule has 2 rings (SSSR count). The van der Waals surface area contributed by atoms with Crippen molar-refractivity contribution in [1.29, 1.82) is 0 Å². The summed E-state index contributed by atoms with van der Waals surface area (Å²) in [4.78, 5) is 14.3. The van der Waals surface area contributed by atoms with Crippen LogP contribution in [0, 0.1) is 0 Å². The number of hydrogen-bond acceptors (Lipinski definition) is 4. The molecule has 0 radical (unpaired) electrons. The highest BCUT2D eigenvalue weighted by Gasteiger charge is 2.44. The molecule has 17 heavy (non-hydrogen) atoms. The fourth-order valence-corrected chi connectivity index (χ4v) is 2.01. The highest BCUT2D eigenvalue weighted by atomic mass is 16.7. The summed E-state index contributed by atoms with van der Waals surface area (Å²) in [6.07, 6.45) is 3.07. The lowest BCUT2D eigenvalue weighted by Gasteiger charge is -2.16. The molecule has 1 aromatic rings. The smallest absolute Gasteiger partial charge is 0.235 e. The van der Waals surface area contributed by atoms with Crippen LogP contribution in [0.5, 0.6) is 0 Å². The number of carbonyl (C=O) groups excluding carboxylic acids is 1. The molecule has 1 saturated carbocycles. The number of ether oxygens (including phenoxy) is 2. The van der Waals surface area contributed by atoms with Crippen LogP contribution in [0.2, 0.25) is 0 Å². The van der Waals surface area contributed by atoms with E-state index in [0.29, 0.717) is 0 Å². The van der Waals surface area contributed by atoms with Gasteiger partial charge in [-0.15, -0.1) is 0 Å². The molecule has 4 heteroatoms. The van der Waals surface area contributed by atoms with Gasteiger partial charge in [0.2, 0.25) is 6.08 Å². The van der Waals surface area contributed by atoms with Crippen LogP contribution in [0.15, 0.2) is 29.3 Å². The fourth-order valence-electron chi connectivity index (χ4n) is 2.01. The van der Waals surface area contributed by atoms with Gasteiger partial charge in [0.05, 0.1) is 5.54 Å². The zero-order valence-electron chi connectivity index (χ0n) is 9.97. The number of isocyanates is 1. The van der Waals surface area contributed by atoms with E-state index in [1.807, 2.05) is 24.3 Å². The summed E-state index contributed by atoms with van der Waals surface area (Å²) >= 11 is 0. The zero-order chi connectivity index (χ0) is 12.3. The molecule has 1 fully saturated rings.